The van der Waals surface area contributed by atoms with Gasteiger partial charge in [-0.2, -0.15) is 18.2 Å². The number of aromatic nitrogens is 2. The highest BCUT2D eigenvalue weighted by Gasteiger charge is 2.29. The van der Waals surface area contributed by atoms with Crippen LogP contribution in [0.1, 0.15) is 29.8 Å². The van der Waals surface area contributed by atoms with Crippen molar-refractivity contribution in [1.29, 1.82) is 0 Å². The number of hydrogen-bond donors (Lipinski definition) is 2. The van der Waals surface area contributed by atoms with Crippen LogP contribution in [0.15, 0.2) is 60.7 Å². The Bertz CT molecular complexity index is 893. The highest BCUT2D eigenvalue weighted by Crippen LogP contribution is 2.30. The van der Waals surface area contributed by atoms with Crippen LogP contribution in [0, 0.1) is 6.92 Å². The first-order valence-corrected chi connectivity index (χ1v) is 8.43. The first kappa shape index (κ1) is 18.7. The minimum absolute atomic E-state index is 0.00641. The maximum absolute atomic E-state index is 12.7. The van der Waals surface area contributed by atoms with Crippen LogP contribution in [0.5, 0.6) is 0 Å². The van der Waals surface area contributed by atoms with E-state index >= 15 is 0 Å². The summed E-state index contributed by atoms with van der Waals surface area (Å²) in [5, 5.41) is 6.26. The van der Waals surface area contributed by atoms with Crippen LogP contribution in [0.2, 0.25) is 0 Å². The normalized spacial score (nSPS) is 12.5. The Morgan fingerprint density at radius 2 is 1.59 bits per heavy atom. The zero-order valence-electron chi connectivity index (χ0n) is 14.9. The smallest absolute Gasteiger partial charge is 0.348 e. The third kappa shape index (κ3) is 4.97. The molecule has 0 saturated carbocycles. The summed E-state index contributed by atoms with van der Waals surface area (Å²) in [4.78, 5) is 8.79. The highest BCUT2D eigenvalue weighted by molar-refractivity contribution is 5.58. The SMILES string of the molecule is Cc1cc(Nc2ccc(C(F)(F)F)cc2)nc(NC(C)c2ccccc2)n1. The Labute approximate surface area is 155 Å². The summed E-state index contributed by atoms with van der Waals surface area (Å²) in [6.07, 6.45) is -4.35. The van der Waals surface area contributed by atoms with Crippen molar-refractivity contribution in [2.24, 2.45) is 0 Å². The number of hydrogen-bond acceptors (Lipinski definition) is 4. The number of nitrogens with zero attached hydrogens (tertiary/aromatic N) is 2. The minimum Gasteiger partial charge on any atom is -0.348 e. The van der Waals surface area contributed by atoms with E-state index in [4.69, 9.17) is 0 Å². The Balaban J connectivity index is 1.75. The van der Waals surface area contributed by atoms with Gasteiger partial charge < -0.3 is 10.6 Å². The molecule has 1 atom stereocenters. The fourth-order valence-corrected chi connectivity index (χ4v) is 2.61. The topological polar surface area (TPSA) is 49.8 Å². The van der Waals surface area contributed by atoms with Crippen molar-refractivity contribution in [3.05, 3.63) is 77.5 Å². The van der Waals surface area contributed by atoms with Gasteiger partial charge in [-0.05, 0) is 43.7 Å². The summed E-state index contributed by atoms with van der Waals surface area (Å²) < 4.78 is 38.0. The van der Waals surface area contributed by atoms with E-state index in [2.05, 4.69) is 20.6 Å². The van der Waals surface area contributed by atoms with Crippen LogP contribution in [0.25, 0.3) is 0 Å². The van der Waals surface area contributed by atoms with Crippen molar-refractivity contribution in [1.82, 2.24) is 9.97 Å². The number of anilines is 3. The average molecular weight is 372 g/mol. The largest absolute Gasteiger partial charge is 0.416 e. The number of alkyl halides is 3. The van der Waals surface area contributed by atoms with Gasteiger partial charge in [0.1, 0.15) is 5.82 Å². The molecule has 2 aromatic carbocycles. The van der Waals surface area contributed by atoms with Crippen LogP contribution >= 0.6 is 0 Å². The molecule has 4 nitrogen and oxygen atoms in total. The summed E-state index contributed by atoms with van der Waals surface area (Å²) in [6.45, 7) is 3.84. The summed E-state index contributed by atoms with van der Waals surface area (Å²) in [5.41, 5.74) is 1.66. The number of benzene rings is 2. The second-order valence-electron chi connectivity index (χ2n) is 6.19. The lowest BCUT2D eigenvalue weighted by Gasteiger charge is -2.16. The Morgan fingerprint density at radius 1 is 0.926 bits per heavy atom. The quantitative estimate of drug-likeness (QED) is 0.601. The standard InChI is InChI=1S/C20H19F3N4/c1-13-12-18(26-17-10-8-16(9-11-17)20(21,22)23)27-19(24-13)25-14(2)15-6-4-3-5-7-15/h3-12,14H,1-2H3,(H2,24,25,26,27). The molecule has 3 aromatic rings. The fraction of sp³-hybridized carbons (Fsp3) is 0.200. The van der Waals surface area contributed by atoms with Crippen LogP contribution < -0.4 is 10.6 Å². The van der Waals surface area contributed by atoms with Gasteiger partial charge in [0.25, 0.3) is 0 Å². The Hall–Kier alpha value is -3.09. The fourth-order valence-electron chi connectivity index (χ4n) is 2.61. The molecule has 0 aliphatic carbocycles. The first-order chi connectivity index (χ1) is 12.8. The van der Waals surface area contributed by atoms with E-state index in [0.29, 0.717) is 17.5 Å². The first-order valence-electron chi connectivity index (χ1n) is 8.43. The molecule has 1 unspecified atom stereocenters. The van der Waals surface area contributed by atoms with E-state index < -0.39 is 11.7 Å². The van der Waals surface area contributed by atoms with Gasteiger partial charge in [-0.3, -0.25) is 0 Å². The molecule has 140 valence electrons. The van der Waals surface area contributed by atoms with Crippen LogP contribution in [0.3, 0.4) is 0 Å². The molecule has 0 fully saturated rings. The van der Waals surface area contributed by atoms with Crippen LogP contribution in [-0.2, 0) is 6.18 Å². The van der Waals surface area contributed by atoms with Crippen molar-refractivity contribution < 1.29 is 13.2 Å². The molecule has 7 heteroatoms. The molecule has 0 bridgehead atoms. The van der Waals surface area contributed by atoms with E-state index in [1.807, 2.05) is 44.2 Å². The molecule has 0 aliphatic rings. The molecule has 0 saturated heterocycles. The third-order valence-corrected chi connectivity index (χ3v) is 3.98. The van der Waals surface area contributed by atoms with Crippen molar-refractivity contribution in [2.45, 2.75) is 26.1 Å². The van der Waals surface area contributed by atoms with E-state index in [1.165, 1.54) is 12.1 Å². The number of aryl methyl sites for hydroxylation is 1. The summed E-state index contributed by atoms with van der Waals surface area (Å²) in [6, 6.07) is 16.4. The maximum Gasteiger partial charge on any atom is 0.416 e. The molecule has 1 heterocycles. The predicted molar refractivity (Wildman–Crippen MR) is 100.0 cm³/mol. The lowest BCUT2D eigenvalue weighted by molar-refractivity contribution is -0.137. The molecule has 0 aliphatic heterocycles. The van der Waals surface area contributed by atoms with Crippen molar-refractivity contribution >= 4 is 17.5 Å². The van der Waals surface area contributed by atoms with E-state index in [1.54, 1.807) is 6.07 Å². The van der Waals surface area contributed by atoms with Crippen LogP contribution in [-0.4, -0.2) is 9.97 Å². The van der Waals surface area contributed by atoms with Gasteiger partial charge >= 0.3 is 6.18 Å². The number of nitrogens with one attached hydrogen (secondary N) is 2. The second kappa shape index (κ2) is 7.65. The number of halogens is 3. The van der Waals surface area contributed by atoms with Gasteiger partial charge in [-0.15, -0.1) is 0 Å². The second-order valence-corrected chi connectivity index (χ2v) is 6.19. The molecule has 0 spiro atoms. The minimum atomic E-state index is -4.35. The molecular weight excluding hydrogens is 353 g/mol. The molecular formula is C20H19F3N4. The molecule has 3 rings (SSSR count). The summed E-state index contributed by atoms with van der Waals surface area (Å²) in [7, 11) is 0. The van der Waals surface area contributed by atoms with Crippen molar-refractivity contribution in [3.8, 4) is 0 Å². The average Bonchev–Trinajstić information content (AvgIpc) is 2.61. The molecule has 27 heavy (non-hydrogen) atoms. The van der Waals surface area contributed by atoms with Crippen molar-refractivity contribution in [2.75, 3.05) is 10.6 Å². The maximum atomic E-state index is 12.7. The Kier molecular flexibility index (Phi) is 5.30. The lowest BCUT2D eigenvalue weighted by atomic mass is 10.1. The summed E-state index contributed by atoms with van der Waals surface area (Å²) >= 11 is 0. The van der Waals surface area contributed by atoms with Gasteiger partial charge in [-0.1, -0.05) is 30.3 Å². The molecule has 1 aromatic heterocycles. The van der Waals surface area contributed by atoms with Gasteiger partial charge in [0, 0.05) is 17.4 Å². The van der Waals surface area contributed by atoms with E-state index in [0.717, 1.165) is 23.4 Å². The van der Waals surface area contributed by atoms with E-state index in [9.17, 15) is 13.2 Å². The van der Waals surface area contributed by atoms with Gasteiger partial charge in [0.15, 0.2) is 0 Å². The third-order valence-electron chi connectivity index (χ3n) is 3.98. The van der Waals surface area contributed by atoms with Crippen molar-refractivity contribution in [3.63, 3.8) is 0 Å². The van der Waals surface area contributed by atoms with Gasteiger partial charge in [-0.25, -0.2) is 4.98 Å². The highest BCUT2D eigenvalue weighted by atomic mass is 19.4. The van der Waals surface area contributed by atoms with Gasteiger partial charge in [0.2, 0.25) is 5.95 Å². The molecule has 0 amide bonds. The lowest BCUT2D eigenvalue weighted by Crippen LogP contribution is -2.11. The zero-order valence-corrected chi connectivity index (χ0v) is 14.9. The van der Waals surface area contributed by atoms with Gasteiger partial charge in [0.05, 0.1) is 11.6 Å². The summed E-state index contributed by atoms with van der Waals surface area (Å²) in [5.74, 6) is 0.950. The van der Waals surface area contributed by atoms with Crippen LogP contribution in [0.4, 0.5) is 30.6 Å². The predicted octanol–water partition coefficient (Wildman–Crippen LogP) is 5.72. The molecule has 0 radical (unpaired) electrons. The zero-order chi connectivity index (χ0) is 19.4. The van der Waals surface area contributed by atoms with E-state index in [-0.39, 0.29) is 6.04 Å². The Morgan fingerprint density at radius 3 is 2.22 bits per heavy atom. The number of rotatable bonds is 5. The molecule has 2 N–H and O–H groups in total. The monoisotopic (exact) mass is 372 g/mol.